The van der Waals surface area contributed by atoms with Gasteiger partial charge in [0, 0.05) is 24.8 Å². The zero-order valence-electron chi connectivity index (χ0n) is 15.0. The molecule has 0 spiro atoms. The lowest BCUT2D eigenvalue weighted by Gasteiger charge is -2.25. The van der Waals surface area contributed by atoms with E-state index in [2.05, 4.69) is 5.32 Å². The molecule has 0 saturated carbocycles. The van der Waals surface area contributed by atoms with E-state index in [0.717, 1.165) is 25.3 Å². The van der Waals surface area contributed by atoms with Crippen LogP contribution in [0.3, 0.4) is 0 Å². The van der Waals surface area contributed by atoms with Crippen LogP contribution in [0.15, 0.2) is 47.4 Å². The summed E-state index contributed by atoms with van der Waals surface area (Å²) in [4.78, 5) is 12.2. The summed E-state index contributed by atoms with van der Waals surface area (Å²) >= 11 is 5.66. The molecule has 0 atom stereocenters. The van der Waals surface area contributed by atoms with Gasteiger partial charge in [0.15, 0.2) is 6.61 Å². The van der Waals surface area contributed by atoms with E-state index in [4.69, 9.17) is 16.3 Å². The molecule has 2 aromatic carbocycles. The van der Waals surface area contributed by atoms with Crippen molar-refractivity contribution in [3.8, 4) is 5.75 Å². The summed E-state index contributed by atoms with van der Waals surface area (Å²) in [7, 11) is -3.51. The van der Waals surface area contributed by atoms with Gasteiger partial charge in [0.2, 0.25) is 10.0 Å². The number of nitrogens with zero attached hydrogens (tertiary/aromatic N) is 1. The molecule has 1 aliphatic heterocycles. The van der Waals surface area contributed by atoms with Crippen LogP contribution in [0.1, 0.15) is 19.3 Å². The van der Waals surface area contributed by atoms with Crippen LogP contribution >= 0.6 is 11.6 Å². The van der Waals surface area contributed by atoms with Crippen molar-refractivity contribution in [1.29, 1.82) is 0 Å². The van der Waals surface area contributed by atoms with Gasteiger partial charge < -0.3 is 10.1 Å². The van der Waals surface area contributed by atoms with E-state index in [1.807, 2.05) is 0 Å². The fraction of sp³-hybridized carbons (Fsp3) is 0.316. The summed E-state index contributed by atoms with van der Waals surface area (Å²) in [6.07, 6.45) is 2.78. The summed E-state index contributed by atoms with van der Waals surface area (Å²) in [5.74, 6) is -0.741. The Morgan fingerprint density at radius 3 is 2.43 bits per heavy atom. The first-order valence-electron chi connectivity index (χ1n) is 8.84. The Hall–Kier alpha value is -2.16. The second-order valence-corrected chi connectivity index (χ2v) is 8.75. The molecule has 1 aliphatic rings. The number of rotatable bonds is 6. The first kappa shape index (κ1) is 20.6. The van der Waals surface area contributed by atoms with Gasteiger partial charge in [-0.1, -0.05) is 18.0 Å². The minimum atomic E-state index is -3.51. The molecular weight excluding hydrogens is 407 g/mol. The van der Waals surface area contributed by atoms with Crippen molar-refractivity contribution >= 4 is 33.2 Å². The largest absolute Gasteiger partial charge is 0.484 e. The number of hydrogen-bond acceptors (Lipinski definition) is 4. The lowest BCUT2D eigenvalue weighted by Crippen LogP contribution is -2.35. The highest BCUT2D eigenvalue weighted by atomic mass is 35.5. The molecule has 0 bridgehead atoms. The van der Waals surface area contributed by atoms with Crippen molar-refractivity contribution in [2.75, 3.05) is 25.0 Å². The van der Waals surface area contributed by atoms with E-state index >= 15 is 0 Å². The van der Waals surface area contributed by atoms with Crippen LogP contribution in [0.4, 0.5) is 10.1 Å². The quantitative estimate of drug-likeness (QED) is 0.764. The Labute approximate surface area is 168 Å². The number of anilines is 1. The number of halogens is 2. The van der Waals surface area contributed by atoms with E-state index in [9.17, 15) is 17.6 Å². The number of amides is 1. The van der Waals surface area contributed by atoms with Crippen LogP contribution < -0.4 is 10.1 Å². The van der Waals surface area contributed by atoms with Gasteiger partial charge in [-0.05, 0) is 49.2 Å². The number of carbonyl (C=O) groups is 1. The van der Waals surface area contributed by atoms with Crippen molar-refractivity contribution in [2.24, 2.45) is 0 Å². The zero-order chi connectivity index (χ0) is 20.1. The summed E-state index contributed by atoms with van der Waals surface area (Å²) in [5, 5.41) is 2.52. The molecule has 1 fully saturated rings. The van der Waals surface area contributed by atoms with Crippen LogP contribution in [-0.4, -0.2) is 38.3 Å². The molecule has 2 aromatic rings. The standard InChI is InChI=1S/C19H20ClFN2O4S/c20-17-12-15(6-9-18(17)21)27-13-19(24)22-14-4-7-16(8-5-14)28(25,26)23-10-2-1-3-11-23/h4-9,12H,1-3,10-11,13H2,(H,22,24). The van der Waals surface area contributed by atoms with Gasteiger partial charge in [-0.25, -0.2) is 12.8 Å². The molecule has 1 saturated heterocycles. The number of sulfonamides is 1. The maximum Gasteiger partial charge on any atom is 0.262 e. The van der Waals surface area contributed by atoms with Gasteiger partial charge in [0.05, 0.1) is 9.92 Å². The Balaban J connectivity index is 1.57. The molecule has 0 unspecified atom stereocenters. The van der Waals surface area contributed by atoms with Gasteiger partial charge in [-0.3, -0.25) is 4.79 Å². The Kier molecular flexibility index (Phi) is 6.53. The van der Waals surface area contributed by atoms with Gasteiger partial charge in [0.25, 0.3) is 5.91 Å². The van der Waals surface area contributed by atoms with Gasteiger partial charge >= 0.3 is 0 Å². The van der Waals surface area contributed by atoms with Crippen LogP contribution in [0.25, 0.3) is 0 Å². The minimum Gasteiger partial charge on any atom is -0.484 e. The molecule has 1 N–H and O–H groups in total. The molecule has 0 aromatic heterocycles. The molecule has 150 valence electrons. The highest BCUT2D eigenvalue weighted by Gasteiger charge is 2.25. The first-order chi connectivity index (χ1) is 13.4. The van der Waals surface area contributed by atoms with Gasteiger partial charge in [-0.2, -0.15) is 4.31 Å². The fourth-order valence-corrected chi connectivity index (χ4v) is 4.56. The number of hydrogen-bond donors (Lipinski definition) is 1. The predicted molar refractivity (Wildman–Crippen MR) is 105 cm³/mol. The van der Waals surface area contributed by atoms with Crippen molar-refractivity contribution in [3.05, 3.63) is 53.3 Å². The zero-order valence-corrected chi connectivity index (χ0v) is 16.6. The van der Waals surface area contributed by atoms with E-state index in [-0.39, 0.29) is 22.3 Å². The van der Waals surface area contributed by atoms with Crippen LogP contribution in [0.2, 0.25) is 5.02 Å². The maximum atomic E-state index is 13.1. The van der Waals surface area contributed by atoms with Crippen LogP contribution in [0.5, 0.6) is 5.75 Å². The molecule has 3 rings (SSSR count). The van der Waals surface area contributed by atoms with E-state index < -0.39 is 21.7 Å². The lowest BCUT2D eigenvalue weighted by molar-refractivity contribution is -0.118. The van der Waals surface area contributed by atoms with Crippen molar-refractivity contribution in [1.82, 2.24) is 4.31 Å². The lowest BCUT2D eigenvalue weighted by atomic mass is 10.2. The van der Waals surface area contributed by atoms with Gasteiger partial charge in [0.1, 0.15) is 11.6 Å². The van der Waals surface area contributed by atoms with Crippen molar-refractivity contribution in [3.63, 3.8) is 0 Å². The second-order valence-electron chi connectivity index (χ2n) is 6.40. The van der Waals surface area contributed by atoms with Crippen LogP contribution in [0, 0.1) is 5.82 Å². The highest BCUT2D eigenvalue weighted by molar-refractivity contribution is 7.89. The molecule has 6 nitrogen and oxygen atoms in total. The third-order valence-corrected chi connectivity index (χ3v) is 6.55. The SMILES string of the molecule is O=C(COc1ccc(F)c(Cl)c1)Nc1ccc(S(=O)(=O)N2CCCCC2)cc1. The minimum absolute atomic E-state index is 0.0941. The summed E-state index contributed by atoms with van der Waals surface area (Å²) in [6.45, 7) is 0.771. The average Bonchev–Trinajstić information content (AvgIpc) is 2.70. The predicted octanol–water partition coefficient (Wildman–Crippen LogP) is 3.67. The first-order valence-corrected chi connectivity index (χ1v) is 10.7. The third-order valence-electron chi connectivity index (χ3n) is 4.35. The van der Waals surface area contributed by atoms with Crippen molar-refractivity contribution in [2.45, 2.75) is 24.2 Å². The van der Waals surface area contributed by atoms with E-state index in [1.165, 1.54) is 40.7 Å². The van der Waals surface area contributed by atoms with E-state index in [1.54, 1.807) is 0 Å². The molecule has 1 heterocycles. The molecule has 28 heavy (non-hydrogen) atoms. The summed E-state index contributed by atoms with van der Waals surface area (Å²) in [6, 6.07) is 9.81. The highest BCUT2D eigenvalue weighted by Crippen LogP contribution is 2.23. The number of nitrogens with one attached hydrogen (secondary N) is 1. The summed E-state index contributed by atoms with van der Waals surface area (Å²) in [5.41, 5.74) is 0.448. The Morgan fingerprint density at radius 2 is 1.79 bits per heavy atom. The normalized spacial score (nSPS) is 15.2. The summed E-state index contributed by atoms with van der Waals surface area (Å²) < 4.78 is 45.1. The Bertz CT molecular complexity index is 945. The third kappa shape index (κ3) is 5.01. The van der Waals surface area contributed by atoms with Crippen LogP contribution in [-0.2, 0) is 14.8 Å². The smallest absolute Gasteiger partial charge is 0.262 e. The Morgan fingerprint density at radius 1 is 1.11 bits per heavy atom. The second kappa shape index (κ2) is 8.89. The molecule has 1 amide bonds. The molecule has 0 aliphatic carbocycles. The van der Waals surface area contributed by atoms with Gasteiger partial charge in [-0.15, -0.1) is 0 Å². The fourth-order valence-electron chi connectivity index (χ4n) is 2.88. The van der Waals surface area contributed by atoms with E-state index in [0.29, 0.717) is 18.8 Å². The monoisotopic (exact) mass is 426 g/mol. The molecular formula is C19H20ClFN2O4S. The molecule has 0 radical (unpaired) electrons. The van der Waals surface area contributed by atoms with Crippen molar-refractivity contribution < 1.29 is 22.3 Å². The number of benzene rings is 2. The average molecular weight is 427 g/mol. The molecule has 9 heteroatoms. The maximum absolute atomic E-state index is 13.1. The number of carbonyl (C=O) groups excluding carboxylic acids is 1. The topological polar surface area (TPSA) is 75.7 Å². The number of piperidine rings is 1. The number of ether oxygens (including phenoxy) is 1.